The zero-order chi connectivity index (χ0) is 32.3. The molecular formula is C32H35N5O7S. The van der Waals surface area contributed by atoms with Crippen LogP contribution in [0.1, 0.15) is 25.0 Å². The van der Waals surface area contributed by atoms with E-state index in [1.54, 1.807) is 19.1 Å². The number of fused-ring (bicyclic) bond motifs is 1. The Morgan fingerprint density at radius 1 is 1.07 bits per heavy atom. The lowest BCUT2D eigenvalue weighted by atomic mass is 9.79. The van der Waals surface area contributed by atoms with Gasteiger partial charge in [0, 0.05) is 25.2 Å². The van der Waals surface area contributed by atoms with Crippen LogP contribution in [0.25, 0.3) is 11.2 Å². The van der Waals surface area contributed by atoms with Crippen molar-refractivity contribution in [1.82, 2.24) is 18.8 Å². The fourth-order valence-electron chi connectivity index (χ4n) is 5.78. The van der Waals surface area contributed by atoms with E-state index in [1.807, 2.05) is 44.2 Å². The van der Waals surface area contributed by atoms with E-state index >= 15 is 0 Å². The third-order valence-electron chi connectivity index (χ3n) is 8.18. The molecule has 3 heterocycles. The molecule has 1 N–H and O–H groups in total. The van der Waals surface area contributed by atoms with E-state index < -0.39 is 34.7 Å². The summed E-state index contributed by atoms with van der Waals surface area (Å²) in [5.41, 5.74) is 2.24. The van der Waals surface area contributed by atoms with E-state index in [9.17, 15) is 27.9 Å². The predicted octanol–water partition coefficient (Wildman–Crippen LogP) is 4.61. The summed E-state index contributed by atoms with van der Waals surface area (Å²) < 4.78 is 32.9. The molecule has 3 atom stereocenters. The lowest BCUT2D eigenvalue weighted by molar-refractivity contribution is -0.122. The Hall–Kier alpha value is -4.78. The second-order valence-corrected chi connectivity index (χ2v) is 13.1. The summed E-state index contributed by atoms with van der Waals surface area (Å²) in [6, 6.07) is 17.7. The van der Waals surface area contributed by atoms with Crippen molar-refractivity contribution in [1.29, 1.82) is 0 Å². The fourth-order valence-corrected chi connectivity index (χ4v) is 7.08. The molecule has 0 spiro atoms. The monoisotopic (exact) mass is 633 g/mol. The number of ether oxygens (including phenoxy) is 1. The van der Waals surface area contributed by atoms with Crippen molar-refractivity contribution >= 4 is 45.0 Å². The summed E-state index contributed by atoms with van der Waals surface area (Å²) in [5, 5.41) is 9.73. The zero-order valence-corrected chi connectivity index (χ0v) is 26.1. The van der Waals surface area contributed by atoms with Gasteiger partial charge in [-0.15, -0.1) is 0 Å². The van der Waals surface area contributed by atoms with Gasteiger partial charge < -0.3 is 14.7 Å². The number of carbonyl (C=O) groups excluding carboxylic acids is 2. The lowest BCUT2D eigenvalue weighted by Gasteiger charge is -2.26. The van der Waals surface area contributed by atoms with Gasteiger partial charge in [0.05, 0.1) is 24.2 Å². The van der Waals surface area contributed by atoms with Gasteiger partial charge in [0.25, 0.3) is 10.0 Å². The minimum absolute atomic E-state index is 0.00163. The number of aryl methyl sites for hydroxylation is 1. The van der Waals surface area contributed by atoms with Gasteiger partial charge in [-0.1, -0.05) is 55.0 Å². The second kappa shape index (κ2) is 13.1. The third-order valence-corrected chi connectivity index (χ3v) is 9.86. The van der Waals surface area contributed by atoms with Crippen LogP contribution in [-0.2, 0) is 26.0 Å². The largest absolute Gasteiger partial charge is 0.465 e. The Morgan fingerprint density at radius 2 is 1.78 bits per heavy atom. The van der Waals surface area contributed by atoms with E-state index in [1.165, 1.54) is 35.5 Å². The van der Waals surface area contributed by atoms with Crippen LogP contribution >= 0.6 is 0 Å². The number of benzene rings is 2. The molecule has 236 valence electrons. The number of nitrogens with zero attached hydrogens (tertiary/aromatic N) is 5. The molecule has 4 aromatic rings. The molecule has 13 heteroatoms. The number of Topliss-reactive ketones (excluding diaryl/α,β-unsaturated/α-hetero) is 1. The summed E-state index contributed by atoms with van der Waals surface area (Å²) in [5.74, 6) is -1.28. The number of carboxylic acid groups (broad SMARTS) is 1. The molecule has 1 saturated heterocycles. The van der Waals surface area contributed by atoms with Gasteiger partial charge in [-0.2, -0.15) is 0 Å². The molecule has 45 heavy (non-hydrogen) atoms. The van der Waals surface area contributed by atoms with Gasteiger partial charge >= 0.3 is 12.2 Å². The van der Waals surface area contributed by atoms with Gasteiger partial charge in [-0.25, -0.2) is 31.9 Å². The number of likely N-dealkylation sites (tertiary alicyclic amines) is 1. The molecule has 0 bridgehead atoms. The maximum atomic E-state index is 13.9. The molecule has 0 aliphatic carbocycles. The summed E-state index contributed by atoms with van der Waals surface area (Å²) >= 11 is 0. The van der Waals surface area contributed by atoms with Crippen molar-refractivity contribution in [3.63, 3.8) is 0 Å². The molecule has 1 aliphatic rings. The third kappa shape index (κ3) is 6.68. The maximum absolute atomic E-state index is 13.9. The predicted molar refractivity (Wildman–Crippen MR) is 167 cm³/mol. The number of amides is 2. The van der Waals surface area contributed by atoms with Crippen molar-refractivity contribution in [3.05, 3.63) is 84.2 Å². The number of anilines is 1. The van der Waals surface area contributed by atoms with Gasteiger partial charge in [-0.3, -0.25) is 9.69 Å². The molecule has 0 saturated carbocycles. The first-order valence-corrected chi connectivity index (χ1v) is 16.1. The molecule has 2 aromatic carbocycles. The Labute approximate surface area is 261 Å². The average molecular weight is 634 g/mol. The Morgan fingerprint density at radius 3 is 2.44 bits per heavy atom. The van der Waals surface area contributed by atoms with Crippen LogP contribution in [0.15, 0.2) is 78.0 Å². The first-order chi connectivity index (χ1) is 21.5. The van der Waals surface area contributed by atoms with Gasteiger partial charge in [-0.05, 0) is 55.9 Å². The smallest absolute Gasteiger partial charge is 0.415 e. The van der Waals surface area contributed by atoms with Crippen molar-refractivity contribution in [2.45, 2.75) is 32.1 Å². The SMILES string of the molecule is CCOC(=O)N(CC(=O)[C@H]1CN(C(=O)O)C[C@H]1C(C)Cc1ccccc1)c1cnc2c(ccn2S(=O)(=O)c2ccc(C)cc2)n1. The lowest BCUT2D eigenvalue weighted by Crippen LogP contribution is -2.41. The highest BCUT2D eigenvalue weighted by molar-refractivity contribution is 7.90. The topological polar surface area (TPSA) is 152 Å². The zero-order valence-electron chi connectivity index (χ0n) is 25.2. The molecule has 5 rings (SSSR count). The number of ketones is 1. The van der Waals surface area contributed by atoms with E-state index in [0.29, 0.717) is 6.42 Å². The Balaban J connectivity index is 1.42. The number of aromatic nitrogens is 3. The summed E-state index contributed by atoms with van der Waals surface area (Å²) in [7, 11) is -3.97. The number of carbonyl (C=O) groups is 3. The summed E-state index contributed by atoms with van der Waals surface area (Å²) in [6.45, 7) is 5.32. The minimum Gasteiger partial charge on any atom is -0.465 e. The van der Waals surface area contributed by atoms with E-state index in [0.717, 1.165) is 20.0 Å². The second-order valence-electron chi connectivity index (χ2n) is 11.2. The van der Waals surface area contributed by atoms with Crippen LogP contribution in [0.2, 0.25) is 0 Å². The molecule has 1 fully saturated rings. The van der Waals surface area contributed by atoms with E-state index in [2.05, 4.69) is 9.97 Å². The first-order valence-electron chi connectivity index (χ1n) is 14.6. The van der Waals surface area contributed by atoms with Crippen molar-refractivity contribution in [2.75, 3.05) is 31.1 Å². The summed E-state index contributed by atoms with van der Waals surface area (Å²) in [4.78, 5) is 50.0. The minimum atomic E-state index is -3.97. The molecule has 2 aromatic heterocycles. The van der Waals surface area contributed by atoms with Gasteiger partial charge in [0.15, 0.2) is 17.2 Å². The fraction of sp³-hybridized carbons (Fsp3) is 0.344. The van der Waals surface area contributed by atoms with E-state index in [4.69, 9.17) is 4.74 Å². The summed E-state index contributed by atoms with van der Waals surface area (Å²) in [6.07, 6.45) is 1.29. The highest BCUT2D eigenvalue weighted by Gasteiger charge is 2.43. The average Bonchev–Trinajstić information content (AvgIpc) is 3.66. The Bertz CT molecular complexity index is 1810. The Kier molecular flexibility index (Phi) is 9.19. The number of hydrogen-bond donors (Lipinski definition) is 1. The van der Waals surface area contributed by atoms with Crippen molar-refractivity contribution < 1.29 is 32.6 Å². The molecule has 12 nitrogen and oxygen atoms in total. The van der Waals surface area contributed by atoms with Crippen LogP contribution in [-0.4, -0.2) is 76.6 Å². The van der Waals surface area contributed by atoms with Crippen LogP contribution in [0.3, 0.4) is 0 Å². The van der Waals surface area contributed by atoms with Crippen LogP contribution in [0.5, 0.6) is 0 Å². The maximum Gasteiger partial charge on any atom is 0.415 e. The highest BCUT2D eigenvalue weighted by atomic mass is 32.2. The molecule has 1 aliphatic heterocycles. The molecule has 2 amide bonds. The normalized spacial score (nSPS) is 17.3. The quantitative estimate of drug-likeness (QED) is 0.264. The van der Waals surface area contributed by atoms with Crippen molar-refractivity contribution in [3.8, 4) is 0 Å². The van der Waals surface area contributed by atoms with Crippen LogP contribution in [0.4, 0.5) is 15.4 Å². The van der Waals surface area contributed by atoms with Crippen LogP contribution < -0.4 is 4.90 Å². The van der Waals surface area contributed by atoms with Gasteiger partial charge in [0.2, 0.25) is 0 Å². The van der Waals surface area contributed by atoms with Crippen molar-refractivity contribution in [2.24, 2.45) is 17.8 Å². The molecule has 0 radical (unpaired) electrons. The molecule has 1 unspecified atom stereocenters. The number of rotatable bonds is 10. The highest BCUT2D eigenvalue weighted by Crippen LogP contribution is 2.33. The molecular weight excluding hydrogens is 598 g/mol. The van der Waals surface area contributed by atoms with E-state index in [-0.39, 0.29) is 59.2 Å². The first kappa shape index (κ1) is 31.6. The van der Waals surface area contributed by atoms with Gasteiger partial charge in [0.1, 0.15) is 5.52 Å². The van der Waals surface area contributed by atoms with Crippen LogP contribution in [0, 0.1) is 24.7 Å². The standard InChI is InChI=1S/C32H35N5O7S/c1-4-44-32(41)36(20-28(38)26-19-35(31(39)40)18-25(26)22(3)16-23-8-6-5-7-9-23)29-17-33-30-27(34-29)14-15-37(30)45(42,43)24-12-10-21(2)11-13-24/h5-15,17,22,25-26H,4,16,18-20H2,1-3H3,(H,39,40)/t22?,25-,26-/m0/s1. The number of hydrogen-bond acceptors (Lipinski definition) is 8.